The maximum Gasteiger partial charge on any atom is 0.161 e. The molecule has 0 radical (unpaired) electrons. The third-order valence-corrected chi connectivity index (χ3v) is 4.68. The molecule has 1 fully saturated rings. The van der Waals surface area contributed by atoms with Gasteiger partial charge in [-0.15, -0.1) is 0 Å². The zero-order chi connectivity index (χ0) is 16.5. The number of aryl methyl sites for hydroxylation is 1. The fourth-order valence-corrected chi connectivity index (χ4v) is 3.30. The maximum absolute atomic E-state index is 5.48. The normalized spacial score (nSPS) is 15.2. The van der Waals surface area contributed by atoms with E-state index in [1.165, 1.54) is 10.9 Å². The number of anilines is 1. The largest absolute Gasteiger partial charge is 0.378 e. The molecule has 3 aromatic rings. The van der Waals surface area contributed by atoms with Gasteiger partial charge in [0.25, 0.3) is 0 Å². The van der Waals surface area contributed by atoms with Crippen LogP contribution in [0.2, 0.25) is 0 Å². The van der Waals surface area contributed by atoms with Gasteiger partial charge in [0.2, 0.25) is 0 Å². The number of morpholine rings is 1. The Balaban J connectivity index is 1.82. The van der Waals surface area contributed by atoms with Gasteiger partial charge in [0.1, 0.15) is 5.82 Å². The van der Waals surface area contributed by atoms with Gasteiger partial charge in [-0.25, -0.2) is 9.97 Å². The van der Waals surface area contributed by atoms with Crippen LogP contribution in [0.25, 0.3) is 22.3 Å². The molecule has 0 saturated carbocycles. The molecule has 3 heterocycles. The van der Waals surface area contributed by atoms with Crippen LogP contribution in [-0.4, -0.2) is 41.3 Å². The lowest BCUT2D eigenvalue weighted by molar-refractivity contribution is 0.122. The van der Waals surface area contributed by atoms with E-state index >= 15 is 0 Å². The van der Waals surface area contributed by atoms with E-state index in [0.717, 1.165) is 61.1 Å². The number of rotatable bonds is 3. The Morgan fingerprint density at radius 1 is 1.17 bits per heavy atom. The van der Waals surface area contributed by atoms with Crippen LogP contribution < -0.4 is 4.90 Å². The smallest absolute Gasteiger partial charge is 0.161 e. The highest BCUT2D eigenvalue weighted by Gasteiger charge is 2.19. The first-order valence-electron chi connectivity index (χ1n) is 8.54. The van der Waals surface area contributed by atoms with Crippen molar-refractivity contribution in [2.75, 3.05) is 31.2 Å². The molecule has 1 aromatic carbocycles. The topological polar surface area (TPSA) is 54.0 Å². The van der Waals surface area contributed by atoms with Crippen molar-refractivity contribution in [3.63, 3.8) is 0 Å². The van der Waals surface area contributed by atoms with Crippen LogP contribution in [0.5, 0.6) is 0 Å². The molecular weight excluding hydrogens is 300 g/mol. The Labute approximate surface area is 141 Å². The van der Waals surface area contributed by atoms with Gasteiger partial charge in [0, 0.05) is 47.0 Å². The lowest BCUT2D eigenvalue weighted by Gasteiger charge is -2.29. The van der Waals surface area contributed by atoms with Crippen molar-refractivity contribution >= 4 is 16.7 Å². The van der Waals surface area contributed by atoms with E-state index < -0.39 is 0 Å². The standard InChI is InChI=1S/C19H22N4O/c1-3-16-13(2)19(23-8-10-24-11-9-23)22-18(21-16)15-4-5-17-14(12-15)6-7-20-17/h4-7,12,20H,3,8-11H2,1-2H3. The van der Waals surface area contributed by atoms with Gasteiger partial charge in [-0.3, -0.25) is 0 Å². The molecular formula is C19H22N4O. The number of nitrogens with one attached hydrogen (secondary N) is 1. The van der Waals surface area contributed by atoms with Crippen LogP contribution in [-0.2, 0) is 11.2 Å². The van der Waals surface area contributed by atoms with Crippen LogP contribution in [0, 0.1) is 6.92 Å². The minimum atomic E-state index is 0.759. The summed E-state index contributed by atoms with van der Waals surface area (Å²) >= 11 is 0. The molecule has 5 nitrogen and oxygen atoms in total. The number of hydrogen-bond donors (Lipinski definition) is 1. The number of nitrogens with zero attached hydrogens (tertiary/aromatic N) is 3. The molecule has 4 rings (SSSR count). The Morgan fingerprint density at radius 3 is 2.79 bits per heavy atom. The zero-order valence-electron chi connectivity index (χ0n) is 14.2. The van der Waals surface area contributed by atoms with Gasteiger partial charge >= 0.3 is 0 Å². The number of fused-ring (bicyclic) bond motifs is 1. The predicted octanol–water partition coefficient (Wildman–Crippen LogP) is 3.33. The number of H-pyrrole nitrogens is 1. The summed E-state index contributed by atoms with van der Waals surface area (Å²) in [5.41, 5.74) is 4.50. The summed E-state index contributed by atoms with van der Waals surface area (Å²) in [6.07, 6.45) is 2.87. The van der Waals surface area contributed by atoms with E-state index in [2.05, 4.69) is 48.0 Å². The molecule has 24 heavy (non-hydrogen) atoms. The second kappa shape index (κ2) is 6.24. The molecule has 0 spiro atoms. The van der Waals surface area contributed by atoms with Gasteiger partial charge in [0.15, 0.2) is 5.82 Å². The molecule has 0 bridgehead atoms. The summed E-state index contributed by atoms with van der Waals surface area (Å²) in [5, 5.41) is 1.18. The molecule has 0 unspecified atom stereocenters. The van der Waals surface area contributed by atoms with E-state index in [-0.39, 0.29) is 0 Å². The Hall–Kier alpha value is -2.40. The molecule has 5 heteroatoms. The van der Waals surface area contributed by atoms with Crippen molar-refractivity contribution in [3.05, 3.63) is 41.7 Å². The second-order valence-electron chi connectivity index (χ2n) is 6.18. The van der Waals surface area contributed by atoms with Crippen molar-refractivity contribution in [2.45, 2.75) is 20.3 Å². The summed E-state index contributed by atoms with van der Waals surface area (Å²) in [4.78, 5) is 15.3. The molecule has 1 aliphatic heterocycles. The summed E-state index contributed by atoms with van der Waals surface area (Å²) in [6, 6.07) is 8.41. The van der Waals surface area contributed by atoms with Gasteiger partial charge in [0.05, 0.1) is 13.2 Å². The highest BCUT2D eigenvalue weighted by atomic mass is 16.5. The maximum atomic E-state index is 5.48. The number of aromatic nitrogens is 3. The first-order chi connectivity index (χ1) is 11.8. The molecule has 2 aromatic heterocycles. The van der Waals surface area contributed by atoms with Crippen molar-refractivity contribution in [3.8, 4) is 11.4 Å². The minimum absolute atomic E-state index is 0.759. The van der Waals surface area contributed by atoms with E-state index in [0.29, 0.717) is 0 Å². The number of benzene rings is 1. The molecule has 1 N–H and O–H groups in total. The second-order valence-corrected chi connectivity index (χ2v) is 6.18. The summed E-state index contributed by atoms with van der Waals surface area (Å²) in [7, 11) is 0. The predicted molar refractivity (Wildman–Crippen MR) is 96.5 cm³/mol. The van der Waals surface area contributed by atoms with Crippen LogP contribution in [0.4, 0.5) is 5.82 Å². The Kier molecular flexibility index (Phi) is 3.94. The molecule has 0 aliphatic carbocycles. The molecule has 1 aliphatic rings. The monoisotopic (exact) mass is 322 g/mol. The zero-order valence-corrected chi connectivity index (χ0v) is 14.2. The fourth-order valence-electron chi connectivity index (χ4n) is 3.30. The summed E-state index contributed by atoms with van der Waals surface area (Å²) < 4.78 is 5.48. The average molecular weight is 322 g/mol. The number of hydrogen-bond acceptors (Lipinski definition) is 4. The fraction of sp³-hybridized carbons (Fsp3) is 0.368. The summed E-state index contributed by atoms with van der Waals surface area (Å²) in [6.45, 7) is 7.57. The quantitative estimate of drug-likeness (QED) is 0.803. The first kappa shape index (κ1) is 15.1. The minimum Gasteiger partial charge on any atom is -0.378 e. The molecule has 0 atom stereocenters. The summed E-state index contributed by atoms with van der Waals surface area (Å²) in [5.74, 6) is 1.86. The highest BCUT2D eigenvalue weighted by molar-refractivity contribution is 5.84. The van der Waals surface area contributed by atoms with Gasteiger partial charge in [-0.05, 0) is 37.6 Å². The van der Waals surface area contributed by atoms with Gasteiger partial charge < -0.3 is 14.6 Å². The molecule has 0 amide bonds. The Morgan fingerprint density at radius 2 is 2.00 bits per heavy atom. The van der Waals surface area contributed by atoms with Gasteiger partial charge in [-0.2, -0.15) is 0 Å². The SMILES string of the molecule is CCc1nc(-c2ccc3[nH]ccc3c2)nc(N2CCOCC2)c1C. The van der Waals surface area contributed by atoms with Gasteiger partial charge in [-0.1, -0.05) is 6.92 Å². The van der Waals surface area contributed by atoms with E-state index in [4.69, 9.17) is 14.7 Å². The lowest BCUT2D eigenvalue weighted by atomic mass is 10.1. The number of aromatic amines is 1. The van der Waals surface area contributed by atoms with Crippen LogP contribution >= 0.6 is 0 Å². The first-order valence-corrected chi connectivity index (χ1v) is 8.54. The van der Waals surface area contributed by atoms with Crippen LogP contribution in [0.1, 0.15) is 18.2 Å². The van der Waals surface area contributed by atoms with Crippen molar-refractivity contribution < 1.29 is 4.74 Å². The molecule has 124 valence electrons. The Bertz CT molecular complexity index is 865. The van der Waals surface area contributed by atoms with Crippen molar-refractivity contribution in [1.29, 1.82) is 0 Å². The van der Waals surface area contributed by atoms with Crippen LogP contribution in [0.15, 0.2) is 30.5 Å². The van der Waals surface area contributed by atoms with E-state index in [1.54, 1.807) is 0 Å². The van der Waals surface area contributed by atoms with Crippen molar-refractivity contribution in [2.24, 2.45) is 0 Å². The number of ether oxygens (including phenoxy) is 1. The average Bonchev–Trinajstić information content (AvgIpc) is 3.10. The van der Waals surface area contributed by atoms with Crippen molar-refractivity contribution in [1.82, 2.24) is 15.0 Å². The van der Waals surface area contributed by atoms with E-state index in [1.807, 2.05) is 6.20 Å². The lowest BCUT2D eigenvalue weighted by Crippen LogP contribution is -2.37. The van der Waals surface area contributed by atoms with E-state index in [9.17, 15) is 0 Å². The molecule has 1 saturated heterocycles. The third-order valence-electron chi connectivity index (χ3n) is 4.68. The highest BCUT2D eigenvalue weighted by Crippen LogP contribution is 2.27. The van der Waals surface area contributed by atoms with Crippen LogP contribution in [0.3, 0.4) is 0 Å². The third kappa shape index (κ3) is 2.65.